The van der Waals surface area contributed by atoms with Crippen LogP contribution in [0.2, 0.25) is 0 Å². The van der Waals surface area contributed by atoms with Crippen LogP contribution in [0.3, 0.4) is 0 Å². The van der Waals surface area contributed by atoms with Gasteiger partial charge in [0.25, 0.3) is 0 Å². The molecule has 0 unspecified atom stereocenters. The van der Waals surface area contributed by atoms with E-state index >= 15 is 0 Å². The summed E-state index contributed by atoms with van der Waals surface area (Å²) in [6.45, 7) is 6.14. The van der Waals surface area contributed by atoms with Crippen LogP contribution in [-0.4, -0.2) is 9.97 Å². The number of rotatable bonds is 2. The van der Waals surface area contributed by atoms with Crippen LogP contribution in [0.5, 0.6) is 0 Å². The van der Waals surface area contributed by atoms with Crippen LogP contribution in [-0.2, 0) is 16.5 Å². The van der Waals surface area contributed by atoms with Crippen molar-refractivity contribution in [3.63, 3.8) is 0 Å². The monoisotopic (exact) mass is 408 g/mol. The molecule has 142 valence electrons. The van der Waals surface area contributed by atoms with E-state index in [9.17, 15) is 0 Å². The molecule has 0 bridgehead atoms. The molecule has 0 atom stereocenters. The van der Waals surface area contributed by atoms with E-state index in [-0.39, 0.29) is 16.5 Å². The summed E-state index contributed by atoms with van der Waals surface area (Å²) in [5.41, 5.74) is 7.48. The molecule has 0 spiro atoms. The third-order valence-corrected chi connectivity index (χ3v) is 4.03. The molecular weight excluding hydrogens is 387 g/mol. The molecule has 0 aliphatic rings. The number of hydrogen-bond donors (Lipinski definition) is 0. The molecule has 3 heteroatoms. The Morgan fingerprint density at radius 1 is 0.607 bits per heavy atom. The predicted octanol–water partition coefficient (Wildman–Crippen LogP) is 6.02. The Morgan fingerprint density at radius 2 is 1.25 bits per heavy atom. The quantitative estimate of drug-likeness (QED) is 0.299. The molecule has 4 rings (SSSR count). The third-order valence-electron chi connectivity index (χ3n) is 4.03. The van der Waals surface area contributed by atoms with Crippen LogP contribution in [0.4, 0.5) is 0 Å². The molecule has 0 fully saturated rings. The molecule has 0 radical (unpaired) electrons. The van der Waals surface area contributed by atoms with Crippen molar-refractivity contribution in [1.82, 2.24) is 9.97 Å². The van der Waals surface area contributed by atoms with E-state index < -0.39 is 0 Å². The fraction of sp³-hybridized carbons (Fsp3) is 0.120. The average molecular weight is 409 g/mol. The summed E-state index contributed by atoms with van der Waals surface area (Å²) >= 11 is 0. The summed E-state index contributed by atoms with van der Waals surface area (Å²) in [7, 11) is 0. The van der Waals surface area contributed by atoms with Crippen LogP contribution in [0, 0.1) is 32.9 Å². The van der Waals surface area contributed by atoms with E-state index in [4.69, 9.17) is 0 Å². The molecular formula is C25H22N2Ni. The third kappa shape index (κ3) is 6.14. The Kier molecular flexibility index (Phi) is 8.10. The zero-order chi connectivity index (χ0) is 19.1. The Labute approximate surface area is 177 Å². The second kappa shape index (κ2) is 10.5. The number of hydrogen-bond acceptors (Lipinski definition) is 2. The first-order valence-corrected chi connectivity index (χ1v) is 8.94. The number of aryl methyl sites for hydroxylation is 3. The van der Waals surface area contributed by atoms with Crippen molar-refractivity contribution in [3.05, 3.63) is 108 Å². The maximum atomic E-state index is 4.47. The average Bonchev–Trinajstić information content (AvgIpc) is 2.69. The van der Waals surface area contributed by atoms with Crippen molar-refractivity contribution in [1.29, 1.82) is 0 Å². The smallest absolute Gasteiger partial charge is 0.264 e. The van der Waals surface area contributed by atoms with Gasteiger partial charge >= 0.3 is 16.5 Å². The molecule has 0 N–H and O–H groups in total. The van der Waals surface area contributed by atoms with Crippen molar-refractivity contribution < 1.29 is 16.5 Å². The maximum Gasteiger partial charge on any atom is 2.00 e. The van der Waals surface area contributed by atoms with Gasteiger partial charge in [-0.05, 0) is 24.4 Å². The summed E-state index contributed by atoms with van der Waals surface area (Å²) in [4.78, 5) is 8.77. The largest absolute Gasteiger partial charge is 2.00 e. The van der Waals surface area contributed by atoms with Crippen molar-refractivity contribution in [2.45, 2.75) is 20.8 Å². The fourth-order valence-corrected chi connectivity index (χ4v) is 2.70. The van der Waals surface area contributed by atoms with Gasteiger partial charge in [-0.1, -0.05) is 38.5 Å². The van der Waals surface area contributed by atoms with Gasteiger partial charge in [-0.3, -0.25) is 9.97 Å². The Bertz CT molecular complexity index is 979. The van der Waals surface area contributed by atoms with E-state index in [2.05, 4.69) is 28.2 Å². The number of pyridine rings is 2. The van der Waals surface area contributed by atoms with Crippen molar-refractivity contribution in [2.75, 3.05) is 0 Å². The molecule has 4 aromatic rings. The Balaban J connectivity index is 0.000000264. The van der Waals surface area contributed by atoms with Crippen LogP contribution in [0.25, 0.3) is 22.5 Å². The van der Waals surface area contributed by atoms with Crippen LogP contribution >= 0.6 is 0 Å². The SMILES string of the molecule is Cc1[c-]c(-c2ccc(-c3ccccn3)nc2)ccc1.Cc1[c-]c(C)ccc1.[Ni+2]. The van der Waals surface area contributed by atoms with Gasteiger partial charge < -0.3 is 0 Å². The normalized spacial score (nSPS) is 9.68. The molecule has 2 nitrogen and oxygen atoms in total. The van der Waals surface area contributed by atoms with E-state index in [1.165, 1.54) is 11.1 Å². The van der Waals surface area contributed by atoms with Crippen molar-refractivity contribution in [3.8, 4) is 22.5 Å². The molecule has 0 saturated heterocycles. The maximum absolute atomic E-state index is 4.47. The minimum absolute atomic E-state index is 0. The van der Waals surface area contributed by atoms with Crippen LogP contribution in [0.15, 0.2) is 79.1 Å². The van der Waals surface area contributed by atoms with E-state index in [1.54, 1.807) is 6.20 Å². The number of nitrogens with zero attached hydrogens (tertiary/aromatic N) is 2. The van der Waals surface area contributed by atoms with Gasteiger partial charge in [0, 0.05) is 6.20 Å². The first-order valence-electron chi connectivity index (χ1n) is 8.94. The zero-order valence-corrected chi connectivity index (χ0v) is 17.2. The first kappa shape index (κ1) is 21.5. The molecule has 0 aliphatic carbocycles. The van der Waals surface area contributed by atoms with Crippen LogP contribution in [0.1, 0.15) is 16.7 Å². The van der Waals surface area contributed by atoms with Gasteiger partial charge in [-0.15, -0.1) is 35.4 Å². The zero-order valence-electron chi connectivity index (χ0n) is 16.2. The summed E-state index contributed by atoms with van der Waals surface area (Å²) in [5, 5.41) is 0. The van der Waals surface area contributed by atoms with E-state index in [0.29, 0.717) is 0 Å². The molecule has 0 saturated carbocycles. The minimum atomic E-state index is 0. The summed E-state index contributed by atoms with van der Waals surface area (Å²) < 4.78 is 0. The number of benzene rings is 2. The van der Waals surface area contributed by atoms with Crippen molar-refractivity contribution in [2.24, 2.45) is 0 Å². The molecule has 0 aliphatic heterocycles. The summed E-state index contributed by atoms with van der Waals surface area (Å²) in [6, 6.07) is 28.6. The number of aromatic nitrogens is 2. The van der Waals surface area contributed by atoms with E-state index in [1.807, 2.05) is 87.6 Å². The van der Waals surface area contributed by atoms with Gasteiger partial charge in [-0.2, -0.15) is 35.4 Å². The summed E-state index contributed by atoms with van der Waals surface area (Å²) in [6.07, 6.45) is 3.65. The van der Waals surface area contributed by atoms with Gasteiger partial charge in [0.2, 0.25) is 0 Å². The first-order chi connectivity index (χ1) is 13.1. The second-order valence-electron chi connectivity index (χ2n) is 6.41. The molecule has 2 aromatic carbocycles. The minimum Gasteiger partial charge on any atom is -0.264 e. The van der Waals surface area contributed by atoms with E-state index in [0.717, 1.165) is 28.1 Å². The van der Waals surface area contributed by atoms with Gasteiger partial charge in [0.15, 0.2) is 0 Å². The van der Waals surface area contributed by atoms with Gasteiger partial charge in [0.05, 0.1) is 11.4 Å². The fourth-order valence-electron chi connectivity index (χ4n) is 2.70. The molecule has 2 heterocycles. The van der Waals surface area contributed by atoms with Crippen molar-refractivity contribution >= 4 is 0 Å². The molecule has 28 heavy (non-hydrogen) atoms. The Morgan fingerprint density at radius 3 is 1.75 bits per heavy atom. The standard InChI is InChI=1S/C17H13N2.C8H9.Ni/c1-13-5-4-6-14(11-13)15-8-9-17(19-12-15)16-7-2-3-10-18-16;1-7-4-3-5-8(2)6-7;/h2-10,12H,1H3;3-5H,1-2H3;/q2*-1;+2. The van der Waals surface area contributed by atoms with Crippen LogP contribution < -0.4 is 0 Å². The summed E-state index contributed by atoms with van der Waals surface area (Å²) in [5.74, 6) is 0. The second-order valence-corrected chi connectivity index (χ2v) is 6.41. The molecule has 2 aromatic heterocycles. The Hall–Kier alpha value is -2.77. The van der Waals surface area contributed by atoms with Gasteiger partial charge in [0.1, 0.15) is 0 Å². The topological polar surface area (TPSA) is 25.8 Å². The predicted molar refractivity (Wildman–Crippen MR) is 111 cm³/mol. The molecule has 0 amide bonds. The van der Waals surface area contributed by atoms with Gasteiger partial charge in [-0.25, -0.2) is 0 Å².